The fraction of sp³-hybridized carbons (Fsp3) is 0. The number of para-hydroxylation sites is 4. The first-order valence-electron chi connectivity index (χ1n) is 16.4. The summed E-state index contributed by atoms with van der Waals surface area (Å²) in [6.45, 7) is 0. The van der Waals surface area contributed by atoms with Crippen molar-refractivity contribution in [1.29, 1.82) is 0 Å². The number of benzene rings is 7. The number of nitrogens with zero attached hydrogens (tertiary/aromatic N) is 3. The van der Waals surface area contributed by atoms with Crippen LogP contribution in [-0.2, 0) is 0 Å². The predicted octanol–water partition coefficient (Wildman–Crippen LogP) is 11.7. The molecule has 0 unspecified atom stereocenters. The Hall–Kier alpha value is -6.52. The van der Waals surface area contributed by atoms with Gasteiger partial charge in [-0.25, -0.2) is 0 Å². The summed E-state index contributed by atoms with van der Waals surface area (Å²) in [5, 5.41) is 5.98. The third-order valence-electron chi connectivity index (χ3n) is 10.0. The number of fused-ring (bicyclic) bond motifs is 11. The molecule has 0 aliphatic heterocycles. The molecular weight excluding hydrogens is 587 g/mol. The van der Waals surface area contributed by atoms with Crippen molar-refractivity contribution in [2.24, 2.45) is 0 Å². The van der Waals surface area contributed by atoms with Crippen molar-refractivity contribution in [3.8, 4) is 22.5 Å². The van der Waals surface area contributed by atoms with Gasteiger partial charge in [-0.1, -0.05) is 84.9 Å². The largest absolute Gasteiger partial charge is 0.456 e. The third-order valence-corrected chi connectivity index (χ3v) is 10.0. The second-order valence-corrected chi connectivity index (χ2v) is 12.6. The van der Waals surface area contributed by atoms with E-state index in [4.69, 9.17) is 4.42 Å². The van der Waals surface area contributed by atoms with Crippen molar-refractivity contribution in [3.05, 3.63) is 164 Å². The van der Waals surface area contributed by atoms with Gasteiger partial charge in [0.15, 0.2) is 0 Å². The Balaban J connectivity index is 1.14. The van der Waals surface area contributed by atoms with Crippen LogP contribution in [0.2, 0.25) is 0 Å². The van der Waals surface area contributed by atoms with E-state index in [2.05, 4.69) is 165 Å². The predicted molar refractivity (Wildman–Crippen MR) is 199 cm³/mol. The Bertz CT molecular complexity index is 3060. The van der Waals surface area contributed by atoms with E-state index in [1.54, 1.807) is 0 Å². The van der Waals surface area contributed by atoms with Gasteiger partial charge >= 0.3 is 0 Å². The molecule has 4 heterocycles. The SMILES string of the molecule is c1ccc(-n2c3ccc(-c4ccc5c(c4)c4ccccc4n5-c4ccc5oc6ccccc6c5c4)cc3n3c4ccccc4cc23)cc1. The second kappa shape index (κ2) is 9.50. The standard InChI is InChI=1S/C44H27N3O/c1-2-11-31(12-3-1)46-40-22-19-29(25-41(40)47-37-15-7-4-10-30(37)26-44(46)47)28-18-21-39-35(24-28)33-13-5-8-16-38(33)45(39)32-20-23-43-36(27-32)34-14-6-9-17-42(34)48-43/h1-27H. The lowest BCUT2D eigenvalue weighted by molar-refractivity contribution is 0.669. The van der Waals surface area contributed by atoms with Crippen molar-refractivity contribution in [2.75, 3.05) is 0 Å². The lowest BCUT2D eigenvalue weighted by atomic mass is 10.0. The van der Waals surface area contributed by atoms with Crippen LogP contribution < -0.4 is 0 Å². The minimum absolute atomic E-state index is 0.907. The maximum atomic E-state index is 6.15. The Morgan fingerprint density at radius 3 is 1.94 bits per heavy atom. The molecule has 0 atom stereocenters. The number of hydrogen-bond acceptors (Lipinski definition) is 1. The average Bonchev–Trinajstić information content (AvgIpc) is 3.88. The summed E-state index contributed by atoms with van der Waals surface area (Å²) in [4.78, 5) is 0. The molecule has 224 valence electrons. The zero-order valence-electron chi connectivity index (χ0n) is 25.8. The van der Waals surface area contributed by atoms with Gasteiger partial charge in [0.25, 0.3) is 0 Å². The summed E-state index contributed by atoms with van der Waals surface area (Å²) < 4.78 is 13.3. The Kier molecular flexibility index (Phi) is 5.08. The van der Waals surface area contributed by atoms with Gasteiger partial charge in [-0.05, 0) is 90.0 Å². The molecule has 4 aromatic heterocycles. The van der Waals surface area contributed by atoms with Crippen LogP contribution in [0.3, 0.4) is 0 Å². The summed E-state index contributed by atoms with van der Waals surface area (Å²) in [6.07, 6.45) is 0. The summed E-state index contributed by atoms with van der Waals surface area (Å²) in [5.41, 5.74) is 13.6. The van der Waals surface area contributed by atoms with Crippen LogP contribution in [0, 0.1) is 0 Å². The van der Waals surface area contributed by atoms with Crippen molar-refractivity contribution >= 4 is 71.3 Å². The highest BCUT2D eigenvalue weighted by molar-refractivity contribution is 6.12. The van der Waals surface area contributed by atoms with Crippen LogP contribution in [0.5, 0.6) is 0 Å². The highest BCUT2D eigenvalue weighted by Crippen LogP contribution is 2.39. The van der Waals surface area contributed by atoms with Crippen molar-refractivity contribution in [3.63, 3.8) is 0 Å². The first-order valence-corrected chi connectivity index (χ1v) is 16.4. The maximum absolute atomic E-state index is 6.15. The van der Waals surface area contributed by atoms with Gasteiger partial charge in [-0.2, -0.15) is 0 Å². The fourth-order valence-corrected chi connectivity index (χ4v) is 7.88. The summed E-state index contributed by atoms with van der Waals surface area (Å²) in [5.74, 6) is 0. The van der Waals surface area contributed by atoms with Gasteiger partial charge in [-0.15, -0.1) is 0 Å². The smallest absolute Gasteiger partial charge is 0.135 e. The van der Waals surface area contributed by atoms with Crippen LogP contribution in [-0.4, -0.2) is 13.5 Å². The Labute approximate surface area is 274 Å². The number of imidazole rings is 1. The molecule has 0 radical (unpaired) electrons. The molecule has 11 aromatic rings. The van der Waals surface area contributed by atoms with E-state index >= 15 is 0 Å². The molecule has 0 bridgehead atoms. The molecule has 0 aliphatic carbocycles. The third kappa shape index (κ3) is 3.49. The van der Waals surface area contributed by atoms with Gasteiger partial charge < -0.3 is 8.98 Å². The van der Waals surface area contributed by atoms with E-state index in [1.807, 2.05) is 12.1 Å². The first-order chi connectivity index (χ1) is 23.8. The molecule has 48 heavy (non-hydrogen) atoms. The summed E-state index contributed by atoms with van der Waals surface area (Å²) >= 11 is 0. The summed E-state index contributed by atoms with van der Waals surface area (Å²) in [7, 11) is 0. The van der Waals surface area contributed by atoms with E-state index in [0.717, 1.165) is 39.0 Å². The first kappa shape index (κ1) is 25.6. The molecule has 4 nitrogen and oxygen atoms in total. The van der Waals surface area contributed by atoms with Gasteiger partial charge in [0.2, 0.25) is 0 Å². The second-order valence-electron chi connectivity index (χ2n) is 12.6. The monoisotopic (exact) mass is 613 g/mol. The van der Waals surface area contributed by atoms with E-state index in [0.29, 0.717) is 0 Å². The van der Waals surface area contributed by atoms with Gasteiger partial charge in [-0.3, -0.25) is 8.97 Å². The van der Waals surface area contributed by atoms with Gasteiger partial charge in [0.05, 0.1) is 27.6 Å². The number of furan rings is 1. The maximum Gasteiger partial charge on any atom is 0.135 e. The molecule has 7 aromatic carbocycles. The fourth-order valence-electron chi connectivity index (χ4n) is 7.88. The molecule has 4 heteroatoms. The lowest BCUT2D eigenvalue weighted by Gasteiger charge is -2.09. The number of rotatable bonds is 3. The molecule has 0 spiro atoms. The molecule has 0 aliphatic rings. The molecule has 0 saturated heterocycles. The van der Waals surface area contributed by atoms with Gasteiger partial charge in [0, 0.05) is 38.3 Å². The molecular formula is C44H27N3O. The molecule has 11 rings (SSSR count). The van der Waals surface area contributed by atoms with Gasteiger partial charge in [0.1, 0.15) is 16.8 Å². The zero-order chi connectivity index (χ0) is 31.3. The molecule has 0 saturated carbocycles. The number of hydrogen-bond donors (Lipinski definition) is 0. The normalized spacial score (nSPS) is 12.2. The highest BCUT2D eigenvalue weighted by Gasteiger charge is 2.18. The molecule has 0 N–H and O–H groups in total. The summed E-state index contributed by atoms with van der Waals surface area (Å²) in [6, 6.07) is 58.9. The molecule has 0 amide bonds. The number of aromatic nitrogens is 3. The van der Waals surface area contributed by atoms with E-state index < -0.39 is 0 Å². The average molecular weight is 614 g/mol. The topological polar surface area (TPSA) is 27.4 Å². The quantitative estimate of drug-likeness (QED) is 0.195. The van der Waals surface area contributed by atoms with Crippen LogP contribution in [0.4, 0.5) is 0 Å². The van der Waals surface area contributed by atoms with Crippen LogP contribution >= 0.6 is 0 Å². The van der Waals surface area contributed by atoms with E-state index in [1.165, 1.54) is 54.9 Å². The van der Waals surface area contributed by atoms with Crippen LogP contribution in [0.1, 0.15) is 0 Å². The lowest BCUT2D eigenvalue weighted by Crippen LogP contribution is -1.93. The Morgan fingerprint density at radius 2 is 1.04 bits per heavy atom. The van der Waals surface area contributed by atoms with Crippen LogP contribution in [0.25, 0.3) is 93.8 Å². The van der Waals surface area contributed by atoms with Crippen molar-refractivity contribution in [1.82, 2.24) is 13.5 Å². The zero-order valence-corrected chi connectivity index (χ0v) is 25.8. The van der Waals surface area contributed by atoms with E-state index in [9.17, 15) is 0 Å². The Morgan fingerprint density at radius 1 is 0.354 bits per heavy atom. The minimum atomic E-state index is 0.907. The van der Waals surface area contributed by atoms with Crippen molar-refractivity contribution < 1.29 is 4.42 Å². The highest BCUT2D eigenvalue weighted by atomic mass is 16.3. The van der Waals surface area contributed by atoms with Crippen LogP contribution in [0.15, 0.2) is 168 Å². The minimum Gasteiger partial charge on any atom is -0.456 e. The van der Waals surface area contributed by atoms with Crippen molar-refractivity contribution in [2.45, 2.75) is 0 Å². The molecule has 0 fully saturated rings. The van der Waals surface area contributed by atoms with E-state index in [-0.39, 0.29) is 0 Å².